The van der Waals surface area contributed by atoms with Crippen LogP contribution in [-0.4, -0.2) is 46.0 Å². The maximum absolute atomic E-state index is 12.9. The molecular weight excluding hydrogens is 344 g/mol. The molecule has 1 aliphatic heterocycles. The van der Waals surface area contributed by atoms with Crippen molar-refractivity contribution in [2.45, 2.75) is 44.0 Å². The fraction of sp³-hybridized carbons (Fsp3) is 0.529. The van der Waals surface area contributed by atoms with Gasteiger partial charge in [0.1, 0.15) is 6.04 Å². The van der Waals surface area contributed by atoms with Gasteiger partial charge in [0.25, 0.3) is 11.6 Å². The lowest BCUT2D eigenvalue weighted by molar-refractivity contribution is -0.384. The van der Waals surface area contributed by atoms with Crippen molar-refractivity contribution in [3.63, 3.8) is 0 Å². The minimum atomic E-state index is -0.621. The van der Waals surface area contributed by atoms with E-state index >= 15 is 0 Å². The molecule has 8 heteroatoms. The second-order valence-corrected chi connectivity index (χ2v) is 7.05. The van der Waals surface area contributed by atoms with Gasteiger partial charge in [-0.05, 0) is 18.6 Å². The van der Waals surface area contributed by atoms with Gasteiger partial charge in [-0.3, -0.25) is 14.9 Å². The Labute approximate surface area is 150 Å². The average molecular weight is 366 g/mol. The summed E-state index contributed by atoms with van der Waals surface area (Å²) >= 11 is 1.58. The summed E-state index contributed by atoms with van der Waals surface area (Å²) in [6.07, 6.45) is 3.93. The summed E-state index contributed by atoms with van der Waals surface area (Å²) in [7, 11) is 1.31. The van der Waals surface area contributed by atoms with Crippen molar-refractivity contribution in [2.24, 2.45) is 0 Å². The molecule has 0 spiro atoms. The first-order chi connectivity index (χ1) is 12.0. The predicted molar refractivity (Wildman–Crippen MR) is 95.5 cm³/mol. The third-order valence-corrected chi connectivity index (χ3v) is 5.54. The minimum absolute atomic E-state index is 0.0728. The number of hydrogen-bond donors (Lipinski definition) is 0. The average Bonchev–Trinajstić information content (AvgIpc) is 3.04. The first-order valence-corrected chi connectivity index (χ1v) is 9.31. The van der Waals surface area contributed by atoms with Crippen LogP contribution in [0.3, 0.4) is 0 Å². The number of amides is 1. The maximum atomic E-state index is 12.9. The van der Waals surface area contributed by atoms with Gasteiger partial charge in [-0.1, -0.05) is 26.2 Å². The quantitative estimate of drug-likeness (QED) is 0.318. The first-order valence-electron chi connectivity index (χ1n) is 8.26. The van der Waals surface area contributed by atoms with Crippen molar-refractivity contribution in [1.29, 1.82) is 0 Å². The van der Waals surface area contributed by atoms with Gasteiger partial charge in [0.2, 0.25) is 0 Å². The van der Waals surface area contributed by atoms with Gasteiger partial charge in [0, 0.05) is 23.4 Å². The lowest BCUT2D eigenvalue weighted by atomic mass is 10.1. The standard InChI is InChI=1S/C17H22N2O5S/c1-3-4-5-6-15-18(14(11-25-15)17(21)24-2)16(20)12-7-9-13(10-8-12)19(22)23/h7-10,14-15H,3-6,11H2,1-2H3. The summed E-state index contributed by atoms with van der Waals surface area (Å²) in [5.41, 5.74) is 0.263. The molecule has 7 nitrogen and oxygen atoms in total. The SMILES string of the molecule is CCCCCC1SCC(C(=O)OC)N1C(=O)c1ccc([N+](=O)[O-])cc1. The van der Waals surface area contributed by atoms with Crippen molar-refractivity contribution in [3.8, 4) is 0 Å². The normalized spacial score (nSPS) is 19.7. The van der Waals surface area contributed by atoms with Crippen LogP contribution in [0.1, 0.15) is 43.0 Å². The minimum Gasteiger partial charge on any atom is -0.467 e. The monoisotopic (exact) mass is 366 g/mol. The topological polar surface area (TPSA) is 89.8 Å². The van der Waals surface area contributed by atoms with Crippen LogP contribution in [0.15, 0.2) is 24.3 Å². The molecule has 1 saturated heterocycles. The molecule has 1 heterocycles. The zero-order valence-electron chi connectivity index (χ0n) is 14.3. The Balaban J connectivity index is 2.22. The number of nitrogens with zero attached hydrogens (tertiary/aromatic N) is 2. The number of nitro groups is 1. The molecule has 136 valence electrons. The second-order valence-electron chi connectivity index (χ2n) is 5.84. The number of thioether (sulfide) groups is 1. The molecule has 0 radical (unpaired) electrons. The number of non-ortho nitro benzene ring substituents is 1. The van der Waals surface area contributed by atoms with Crippen LogP contribution in [0, 0.1) is 10.1 Å². The molecule has 1 aliphatic rings. The lowest BCUT2D eigenvalue weighted by Gasteiger charge is -2.28. The van der Waals surface area contributed by atoms with Gasteiger partial charge in [-0.15, -0.1) is 11.8 Å². The highest BCUT2D eigenvalue weighted by Gasteiger charge is 2.42. The fourth-order valence-electron chi connectivity index (χ4n) is 2.82. The van der Waals surface area contributed by atoms with E-state index in [2.05, 4.69) is 6.92 Å². The Kier molecular flexibility index (Phi) is 6.81. The van der Waals surface area contributed by atoms with Crippen molar-refractivity contribution >= 4 is 29.3 Å². The van der Waals surface area contributed by atoms with Crippen molar-refractivity contribution in [2.75, 3.05) is 12.9 Å². The summed E-state index contributed by atoms with van der Waals surface area (Å²) in [6.45, 7) is 2.11. The fourth-order valence-corrected chi connectivity index (χ4v) is 4.26. The van der Waals surface area contributed by atoms with Crippen molar-refractivity contribution < 1.29 is 19.2 Å². The Morgan fingerprint density at radius 1 is 1.32 bits per heavy atom. The van der Waals surface area contributed by atoms with Crippen LogP contribution in [0.4, 0.5) is 5.69 Å². The molecule has 2 atom stereocenters. The molecule has 1 amide bonds. The first kappa shape index (κ1) is 19.2. The van der Waals surface area contributed by atoms with E-state index in [9.17, 15) is 19.7 Å². The molecular formula is C17H22N2O5S. The number of unbranched alkanes of at least 4 members (excludes halogenated alkanes) is 2. The number of nitro benzene ring substituents is 1. The Morgan fingerprint density at radius 3 is 2.56 bits per heavy atom. The number of methoxy groups -OCH3 is 1. The van der Waals surface area contributed by atoms with E-state index in [1.54, 1.807) is 16.7 Å². The molecule has 0 aliphatic carbocycles. The molecule has 0 bridgehead atoms. The number of carbonyl (C=O) groups is 2. The molecule has 25 heavy (non-hydrogen) atoms. The summed E-state index contributed by atoms with van der Waals surface area (Å²) in [6, 6.07) is 4.84. The molecule has 2 rings (SSSR count). The summed E-state index contributed by atoms with van der Waals surface area (Å²) in [5.74, 6) is -0.222. The van der Waals surface area contributed by atoms with Crippen LogP contribution in [-0.2, 0) is 9.53 Å². The number of rotatable bonds is 7. The van der Waals surface area contributed by atoms with E-state index in [4.69, 9.17) is 4.74 Å². The summed E-state index contributed by atoms with van der Waals surface area (Å²) in [5, 5.41) is 10.7. The third-order valence-electron chi connectivity index (χ3n) is 4.18. The number of esters is 1. The van der Waals surface area contributed by atoms with E-state index in [1.807, 2.05) is 0 Å². The van der Waals surface area contributed by atoms with Crippen LogP contribution in [0.25, 0.3) is 0 Å². The third kappa shape index (κ3) is 4.50. The molecule has 0 N–H and O–H groups in total. The highest BCUT2D eigenvalue weighted by molar-refractivity contribution is 8.00. The van der Waals surface area contributed by atoms with Crippen LogP contribution in [0.2, 0.25) is 0 Å². The zero-order chi connectivity index (χ0) is 18.4. The smallest absolute Gasteiger partial charge is 0.329 e. The van der Waals surface area contributed by atoms with Gasteiger partial charge < -0.3 is 9.64 Å². The van der Waals surface area contributed by atoms with Crippen LogP contribution < -0.4 is 0 Å². The van der Waals surface area contributed by atoms with Crippen molar-refractivity contribution in [1.82, 2.24) is 4.90 Å². The largest absolute Gasteiger partial charge is 0.467 e. The van der Waals surface area contributed by atoms with Crippen molar-refractivity contribution in [3.05, 3.63) is 39.9 Å². The highest BCUT2D eigenvalue weighted by Crippen LogP contribution is 2.34. The number of carbonyl (C=O) groups excluding carboxylic acids is 2. The van der Waals surface area contributed by atoms with E-state index < -0.39 is 16.9 Å². The molecule has 2 unspecified atom stereocenters. The molecule has 1 fully saturated rings. The Morgan fingerprint density at radius 2 is 2.00 bits per heavy atom. The van der Waals surface area contributed by atoms with Crippen LogP contribution in [0.5, 0.6) is 0 Å². The lowest BCUT2D eigenvalue weighted by Crippen LogP contribution is -2.46. The Hall–Kier alpha value is -2.09. The van der Waals surface area contributed by atoms with Gasteiger partial charge in [0.15, 0.2) is 0 Å². The Bertz CT molecular complexity index is 634. The number of ether oxygens (including phenoxy) is 1. The summed E-state index contributed by atoms with van der Waals surface area (Å²) < 4.78 is 4.84. The predicted octanol–water partition coefficient (Wildman–Crippen LogP) is 3.23. The number of hydrogen-bond acceptors (Lipinski definition) is 6. The second kappa shape index (κ2) is 8.84. The highest BCUT2D eigenvalue weighted by atomic mass is 32.2. The van der Waals surface area contributed by atoms with E-state index in [-0.39, 0.29) is 17.0 Å². The van der Waals surface area contributed by atoms with Gasteiger partial charge in [0.05, 0.1) is 17.4 Å². The molecule has 1 aromatic carbocycles. The van der Waals surface area contributed by atoms with E-state index in [0.29, 0.717) is 11.3 Å². The van der Waals surface area contributed by atoms with E-state index in [0.717, 1.165) is 25.7 Å². The van der Waals surface area contributed by atoms with Gasteiger partial charge in [-0.2, -0.15) is 0 Å². The molecule has 0 saturated carbocycles. The summed E-state index contributed by atoms with van der Waals surface area (Å²) in [4.78, 5) is 36.8. The van der Waals surface area contributed by atoms with Crippen LogP contribution >= 0.6 is 11.8 Å². The maximum Gasteiger partial charge on any atom is 0.329 e. The molecule has 0 aromatic heterocycles. The zero-order valence-corrected chi connectivity index (χ0v) is 15.2. The van der Waals surface area contributed by atoms with Gasteiger partial charge in [-0.25, -0.2) is 4.79 Å². The van der Waals surface area contributed by atoms with Gasteiger partial charge >= 0.3 is 5.97 Å². The molecule has 1 aromatic rings. The van der Waals surface area contributed by atoms with E-state index in [1.165, 1.54) is 31.4 Å². The number of benzene rings is 1.